The third-order valence-electron chi connectivity index (χ3n) is 3.15. The second-order valence-corrected chi connectivity index (χ2v) is 6.68. The summed E-state index contributed by atoms with van der Waals surface area (Å²) >= 11 is 0. The number of rotatable bonds is 2. The van der Waals surface area contributed by atoms with Gasteiger partial charge in [-0.05, 0) is 19.1 Å². The van der Waals surface area contributed by atoms with Crippen LogP contribution in [-0.4, -0.2) is 77.0 Å². The van der Waals surface area contributed by atoms with Crippen LogP contribution in [0.25, 0.3) is 0 Å². The van der Waals surface area contributed by atoms with Crippen molar-refractivity contribution in [2.75, 3.05) is 52.9 Å². The van der Waals surface area contributed by atoms with Gasteiger partial charge in [-0.1, -0.05) is 17.7 Å². The van der Waals surface area contributed by atoms with Crippen LogP contribution in [0.3, 0.4) is 0 Å². The summed E-state index contributed by atoms with van der Waals surface area (Å²) < 4.78 is 50.6. The molecule has 1 heterocycles. The fourth-order valence-corrected chi connectivity index (χ4v) is 2.27. The molecule has 144 valence electrons. The summed E-state index contributed by atoms with van der Waals surface area (Å²) in [5.41, 5.74) is 0.956. The fourth-order valence-electron chi connectivity index (χ4n) is 1.79. The van der Waals surface area contributed by atoms with Crippen LogP contribution in [0.4, 0.5) is 0 Å². The van der Waals surface area contributed by atoms with Gasteiger partial charge in [-0.25, -0.2) is 0 Å². The predicted octanol–water partition coefficient (Wildman–Crippen LogP) is 0.669. The van der Waals surface area contributed by atoms with Crippen LogP contribution in [0.15, 0.2) is 29.2 Å². The second kappa shape index (κ2) is 12.3. The lowest BCUT2D eigenvalue weighted by atomic mass is 10.2. The summed E-state index contributed by atoms with van der Waals surface area (Å²) in [4.78, 5) is -0.0666. The van der Waals surface area contributed by atoms with Crippen molar-refractivity contribution in [2.45, 2.75) is 17.9 Å². The zero-order valence-corrected chi connectivity index (χ0v) is 15.1. The van der Waals surface area contributed by atoms with Gasteiger partial charge in [0.25, 0.3) is 10.1 Å². The Morgan fingerprint density at radius 3 is 2.00 bits per heavy atom. The molecule has 25 heavy (non-hydrogen) atoms. The van der Waals surface area contributed by atoms with Crippen molar-refractivity contribution in [1.29, 1.82) is 0 Å². The molecule has 1 aliphatic heterocycles. The molecule has 0 amide bonds. The van der Waals surface area contributed by atoms with Gasteiger partial charge in [-0.15, -0.1) is 0 Å². The molecule has 9 heteroatoms. The Bertz CT molecular complexity index is 546. The molecule has 1 saturated heterocycles. The van der Waals surface area contributed by atoms with Crippen molar-refractivity contribution < 1.29 is 37.0 Å². The maximum Gasteiger partial charge on any atom is 0.294 e. The van der Waals surface area contributed by atoms with Crippen molar-refractivity contribution in [1.82, 2.24) is 0 Å². The van der Waals surface area contributed by atoms with Crippen molar-refractivity contribution in [3.63, 3.8) is 0 Å². The molecular formula is C16H26O8S. The molecule has 0 saturated carbocycles. The van der Waals surface area contributed by atoms with E-state index >= 15 is 0 Å². The fraction of sp³-hybridized carbons (Fsp3) is 0.625. The van der Waals surface area contributed by atoms with Crippen LogP contribution in [0.5, 0.6) is 0 Å². The highest BCUT2D eigenvalue weighted by Gasteiger charge is 2.08. The first-order valence-corrected chi connectivity index (χ1v) is 9.37. The number of benzene rings is 1. The van der Waals surface area contributed by atoms with E-state index in [2.05, 4.69) is 0 Å². The predicted molar refractivity (Wildman–Crippen MR) is 90.3 cm³/mol. The van der Waals surface area contributed by atoms with Crippen molar-refractivity contribution in [2.24, 2.45) is 0 Å². The Labute approximate surface area is 148 Å². The summed E-state index contributed by atoms with van der Waals surface area (Å²) in [6.07, 6.45) is -0.252. The largest absolute Gasteiger partial charge is 0.394 e. The lowest BCUT2D eigenvalue weighted by Gasteiger charge is -2.17. The minimum atomic E-state index is -4.02. The Balaban J connectivity index is 0.000000257. The minimum Gasteiger partial charge on any atom is -0.394 e. The number of hydrogen-bond acceptors (Lipinski definition) is 7. The number of aliphatic hydroxyl groups is 1. The molecule has 0 spiro atoms. The molecule has 1 unspecified atom stereocenters. The number of aryl methyl sites for hydroxylation is 1. The summed E-state index contributed by atoms with van der Waals surface area (Å²) in [6, 6.07) is 5.99. The average molecular weight is 378 g/mol. The van der Waals surface area contributed by atoms with Gasteiger partial charge in [-0.3, -0.25) is 4.55 Å². The van der Waals surface area contributed by atoms with Crippen LogP contribution >= 0.6 is 0 Å². The quantitative estimate of drug-likeness (QED) is 0.722. The van der Waals surface area contributed by atoms with Gasteiger partial charge >= 0.3 is 0 Å². The van der Waals surface area contributed by atoms with Crippen LogP contribution in [0.2, 0.25) is 0 Å². The van der Waals surface area contributed by atoms with E-state index in [4.69, 9.17) is 28.6 Å². The monoisotopic (exact) mass is 378 g/mol. The van der Waals surface area contributed by atoms with E-state index in [0.29, 0.717) is 46.2 Å². The number of aliphatic hydroxyl groups excluding tert-OH is 1. The van der Waals surface area contributed by atoms with Crippen LogP contribution in [-0.2, 0) is 29.1 Å². The Kier molecular flexibility index (Phi) is 10.8. The molecule has 0 aromatic heterocycles. The van der Waals surface area contributed by atoms with E-state index in [9.17, 15) is 8.42 Å². The molecule has 0 aliphatic carbocycles. The van der Waals surface area contributed by atoms with Crippen LogP contribution in [0.1, 0.15) is 5.56 Å². The molecule has 2 N–H and O–H groups in total. The van der Waals surface area contributed by atoms with Gasteiger partial charge in [0.1, 0.15) is 6.10 Å². The first kappa shape index (κ1) is 22.0. The van der Waals surface area contributed by atoms with E-state index < -0.39 is 10.1 Å². The van der Waals surface area contributed by atoms with Gasteiger partial charge in [0, 0.05) is 0 Å². The molecule has 1 aliphatic rings. The van der Waals surface area contributed by atoms with Crippen molar-refractivity contribution in [3.8, 4) is 0 Å². The molecular weight excluding hydrogens is 352 g/mol. The Hall–Kier alpha value is -1.07. The maximum atomic E-state index is 10.5. The molecule has 1 fully saturated rings. The molecule has 1 aromatic carbocycles. The zero-order chi connectivity index (χ0) is 18.5. The summed E-state index contributed by atoms with van der Waals surface area (Å²) in [5.74, 6) is 0. The second-order valence-electron chi connectivity index (χ2n) is 5.26. The van der Waals surface area contributed by atoms with E-state index in [1.54, 1.807) is 12.1 Å². The lowest BCUT2D eigenvalue weighted by molar-refractivity contribution is -0.0803. The highest BCUT2D eigenvalue weighted by atomic mass is 32.2. The minimum absolute atomic E-state index is 0.0269. The summed E-state index contributed by atoms with van der Waals surface area (Å²) in [5, 5.41) is 8.92. The van der Waals surface area contributed by atoms with Gasteiger partial charge in [-0.2, -0.15) is 8.42 Å². The van der Waals surface area contributed by atoms with Crippen LogP contribution in [0, 0.1) is 6.92 Å². The summed E-state index contributed by atoms with van der Waals surface area (Å²) in [7, 11) is -4.02. The third-order valence-corrected chi connectivity index (χ3v) is 4.02. The molecule has 1 aromatic rings. The first-order valence-electron chi connectivity index (χ1n) is 7.93. The molecule has 1 atom stereocenters. The van der Waals surface area contributed by atoms with Crippen molar-refractivity contribution in [3.05, 3.63) is 29.8 Å². The SMILES string of the molecule is Cc1ccc(S(=O)(=O)O)cc1.OCC1COCCOCCOCCO1. The standard InChI is InChI=1S/C9H18O5.C7H8O3S/c10-7-9-8-13-4-3-11-1-2-12-5-6-14-9;1-6-2-4-7(5-3-6)11(8,9)10/h9-10H,1-8H2;2-5H,1H3,(H,8,9,10). The molecule has 2 rings (SSSR count). The van der Waals surface area contributed by atoms with Crippen LogP contribution < -0.4 is 0 Å². The first-order chi connectivity index (χ1) is 11.9. The Morgan fingerprint density at radius 2 is 1.48 bits per heavy atom. The van der Waals surface area contributed by atoms with E-state index in [-0.39, 0.29) is 17.6 Å². The van der Waals surface area contributed by atoms with Crippen molar-refractivity contribution >= 4 is 10.1 Å². The zero-order valence-electron chi connectivity index (χ0n) is 14.3. The molecule has 8 nitrogen and oxygen atoms in total. The maximum absolute atomic E-state index is 10.5. The number of hydrogen-bond donors (Lipinski definition) is 2. The van der Waals surface area contributed by atoms with Gasteiger partial charge in [0.15, 0.2) is 0 Å². The highest BCUT2D eigenvalue weighted by molar-refractivity contribution is 7.85. The number of ether oxygens (including phenoxy) is 4. The molecule has 0 radical (unpaired) electrons. The van der Waals surface area contributed by atoms with Gasteiger partial charge < -0.3 is 24.1 Å². The van der Waals surface area contributed by atoms with Gasteiger partial charge in [0.2, 0.25) is 0 Å². The normalized spacial score (nSPS) is 20.5. The third kappa shape index (κ3) is 10.5. The smallest absolute Gasteiger partial charge is 0.294 e. The van der Waals surface area contributed by atoms with Gasteiger partial charge in [0.05, 0.1) is 57.8 Å². The Morgan fingerprint density at radius 1 is 0.960 bits per heavy atom. The molecule has 0 bridgehead atoms. The topological polar surface area (TPSA) is 112 Å². The lowest BCUT2D eigenvalue weighted by Crippen LogP contribution is -2.27. The highest BCUT2D eigenvalue weighted by Crippen LogP contribution is 2.08. The van der Waals surface area contributed by atoms with E-state index in [1.165, 1.54) is 12.1 Å². The van der Waals surface area contributed by atoms with E-state index in [1.807, 2.05) is 6.92 Å². The average Bonchev–Trinajstić information content (AvgIpc) is 2.55. The van der Waals surface area contributed by atoms with E-state index in [0.717, 1.165) is 5.56 Å². The summed E-state index contributed by atoms with van der Waals surface area (Å²) in [6.45, 7) is 5.48.